The van der Waals surface area contributed by atoms with Gasteiger partial charge in [-0.1, -0.05) is 13.8 Å². The lowest BCUT2D eigenvalue weighted by Crippen LogP contribution is -2.57. The number of aliphatic carboxylic acids is 1. The smallest absolute Gasteiger partial charge is 0.326 e. The molecule has 0 saturated heterocycles. The van der Waals surface area contributed by atoms with Crippen LogP contribution in [0.2, 0.25) is 0 Å². The first-order valence-corrected chi connectivity index (χ1v) is 13.0. The number of hydrogen-bond acceptors (Lipinski definition) is 8. The first-order chi connectivity index (χ1) is 18.3. The molecule has 0 aromatic rings. The Labute approximate surface area is 229 Å². The predicted octanol–water partition coefficient (Wildman–Crippen LogP) is -3.26. The molecule has 0 aromatic carbocycles. The van der Waals surface area contributed by atoms with E-state index in [-0.39, 0.29) is 50.2 Å². The number of nitrogens with one attached hydrogen (secondary N) is 3. The van der Waals surface area contributed by atoms with Gasteiger partial charge in [-0.15, -0.1) is 0 Å². The summed E-state index contributed by atoms with van der Waals surface area (Å²) in [5.41, 5.74) is 32.8. The van der Waals surface area contributed by atoms with Gasteiger partial charge in [0.05, 0.1) is 6.04 Å². The molecule has 0 rings (SSSR count). The third-order valence-corrected chi connectivity index (χ3v) is 5.74. The van der Waals surface area contributed by atoms with Crippen LogP contribution in [0.15, 0.2) is 9.98 Å². The number of nitrogens with two attached hydrogens (primary N) is 6. The third kappa shape index (κ3) is 16.0. The molecule has 0 radical (unpaired) electrons. The number of aliphatic imine (C=N–C) groups is 2. The van der Waals surface area contributed by atoms with Crippen LogP contribution in [-0.2, 0) is 19.2 Å². The first kappa shape index (κ1) is 35.3. The second kappa shape index (κ2) is 19.4. The van der Waals surface area contributed by atoms with Gasteiger partial charge in [-0.05, 0) is 57.4 Å². The molecule has 39 heavy (non-hydrogen) atoms. The quantitative estimate of drug-likeness (QED) is 0.0402. The van der Waals surface area contributed by atoms with E-state index in [9.17, 15) is 24.3 Å². The zero-order chi connectivity index (χ0) is 30.0. The lowest BCUT2D eigenvalue weighted by molar-refractivity contribution is -0.142. The Morgan fingerprint density at radius 2 is 1.10 bits per heavy atom. The monoisotopic (exact) mass is 557 g/mol. The number of carbonyl (C=O) groups excluding carboxylic acids is 3. The Morgan fingerprint density at radius 1 is 0.692 bits per heavy atom. The fourth-order valence-corrected chi connectivity index (χ4v) is 3.41. The van der Waals surface area contributed by atoms with Crippen molar-refractivity contribution in [1.82, 2.24) is 16.0 Å². The number of carboxylic acid groups (broad SMARTS) is 1. The summed E-state index contributed by atoms with van der Waals surface area (Å²) in [7, 11) is 0. The zero-order valence-electron chi connectivity index (χ0n) is 22.9. The molecule has 0 aliphatic rings. The number of carboxylic acids is 1. The molecule has 0 aliphatic heterocycles. The molecule has 16 nitrogen and oxygen atoms in total. The predicted molar refractivity (Wildman–Crippen MR) is 149 cm³/mol. The maximum absolute atomic E-state index is 13.3. The summed E-state index contributed by atoms with van der Waals surface area (Å²) in [5.74, 6) is -3.52. The number of guanidine groups is 2. The highest BCUT2D eigenvalue weighted by Crippen LogP contribution is 2.07. The summed E-state index contributed by atoms with van der Waals surface area (Å²) < 4.78 is 0. The van der Waals surface area contributed by atoms with Crippen molar-refractivity contribution in [3.63, 3.8) is 0 Å². The fourth-order valence-electron chi connectivity index (χ4n) is 3.41. The molecule has 16 N–H and O–H groups in total. The van der Waals surface area contributed by atoms with Gasteiger partial charge in [-0.25, -0.2) is 4.79 Å². The second-order valence-corrected chi connectivity index (χ2v) is 9.47. The average molecular weight is 558 g/mol. The van der Waals surface area contributed by atoms with Crippen molar-refractivity contribution in [2.45, 2.75) is 83.0 Å². The Kier molecular flexibility index (Phi) is 17.6. The van der Waals surface area contributed by atoms with E-state index < -0.39 is 47.9 Å². The SMILES string of the molecule is CC(C)C(N)C(=O)NC(CCCN=C(N)N)C(=O)NC(CCCN=C(N)N)C(=O)NC(CCCCN)C(=O)O. The van der Waals surface area contributed by atoms with Gasteiger partial charge in [0.1, 0.15) is 18.1 Å². The summed E-state index contributed by atoms with van der Waals surface area (Å²) in [6.45, 7) is 4.32. The topological polar surface area (TPSA) is 305 Å². The van der Waals surface area contributed by atoms with E-state index in [0.29, 0.717) is 32.2 Å². The van der Waals surface area contributed by atoms with Crippen molar-refractivity contribution < 1.29 is 24.3 Å². The molecule has 0 saturated carbocycles. The molecule has 0 bridgehead atoms. The van der Waals surface area contributed by atoms with Crippen molar-refractivity contribution >= 4 is 35.6 Å². The summed E-state index contributed by atoms with van der Waals surface area (Å²) >= 11 is 0. The van der Waals surface area contributed by atoms with Crippen molar-refractivity contribution in [3.8, 4) is 0 Å². The summed E-state index contributed by atoms with van der Waals surface area (Å²) in [6, 6.07) is -4.20. The van der Waals surface area contributed by atoms with Gasteiger partial charge in [0.2, 0.25) is 17.7 Å². The number of carbonyl (C=O) groups is 4. The van der Waals surface area contributed by atoms with E-state index in [2.05, 4.69) is 25.9 Å². The van der Waals surface area contributed by atoms with Crippen LogP contribution in [0.25, 0.3) is 0 Å². The van der Waals surface area contributed by atoms with Gasteiger partial charge in [0.25, 0.3) is 0 Å². The van der Waals surface area contributed by atoms with Crippen molar-refractivity contribution in [2.24, 2.45) is 50.3 Å². The molecule has 0 heterocycles. The number of amides is 3. The Bertz CT molecular complexity index is 842. The maximum Gasteiger partial charge on any atom is 0.326 e. The molecule has 4 unspecified atom stereocenters. The summed E-state index contributed by atoms with van der Waals surface area (Å²) in [6.07, 6.45) is 2.16. The van der Waals surface area contributed by atoms with E-state index in [1.54, 1.807) is 13.8 Å². The number of nitrogens with zero attached hydrogens (tertiary/aromatic N) is 2. The molecule has 3 amide bonds. The van der Waals surface area contributed by atoms with E-state index in [4.69, 9.17) is 34.4 Å². The standard InChI is InChI=1S/C23H47N11O5/c1-13(2)17(25)20(37)33-15(9-6-12-31-23(28)29)18(35)32-14(8-5-11-30-22(26)27)19(36)34-16(21(38)39)7-3-4-10-24/h13-17H,3-12,24-25H2,1-2H3,(H,32,35)(H,33,37)(H,34,36)(H,38,39)(H4,26,27,30)(H4,28,29,31). The van der Waals surface area contributed by atoms with Gasteiger partial charge in [-0.2, -0.15) is 0 Å². The molecule has 224 valence electrons. The highest BCUT2D eigenvalue weighted by atomic mass is 16.4. The second-order valence-electron chi connectivity index (χ2n) is 9.47. The summed E-state index contributed by atoms with van der Waals surface area (Å²) in [4.78, 5) is 58.4. The number of hydrogen-bond donors (Lipinski definition) is 10. The highest BCUT2D eigenvalue weighted by molar-refractivity contribution is 5.94. The normalized spacial score (nSPS) is 13.9. The van der Waals surface area contributed by atoms with Crippen LogP contribution in [0, 0.1) is 5.92 Å². The first-order valence-electron chi connectivity index (χ1n) is 13.0. The Morgan fingerprint density at radius 3 is 1.49 bits per heavy atom. The van der Waals surface area contributed by atoms with Crippen LogP contribution in [0.4, 0.5) is 0 Å². The third-order valence-electron chi connectivity index (χ3n) is 5.74. The average Bonchev–Trinajstić information content (AvgIpc) is 2.85. The minimum Gasteiger partial charge on any atom is -0.480 e. The minimum absolute atomic E-state index is 0.101. The van der Waals surface area contributed by atoms with Crippen LogP contribution < -0.4 is 50.4 Å². The van der Waals surface area contributed by atoms with Crippen molar-refractivity contribution in [3.05, 3.63) is 0 Å². The number of unbranched alkanes of at least 4 members (excludes halogenated alkanes) is 1. The lowest BCUT2D eigenvalue weighted by Gasteiger charge is -2.25. The van der Waals surface area contributed by atoms with E-state index in [0.717, 1.165) is 0 Å². The van der Waals surface area contributed by atoms with Gasteiger partial charge < -0.3 is 55.5 Å². The van der Waals surface area contributed by atoms with Gasteiger partial charge in [0.15, 0.2) is 11.9 Å². The lowest BCUT2D eigenvalue weighted by atomic mass is 10.0. The van der Waals surface area contributed by atoms with E-state index >= 15 is 0 Å². The van der Waals surface area contributed by atoms with Crippen LogP contribution in [0.1, 0.15) is 58.8 Å². The molecular weight excluding hydrogens is 510 g/mol. The van der Waals surface area contributed by atoms with Crippen molar-refractivity contribution in [1.29, 1.82) is 0 Å². The van der Waals surface area contributed by atoms with Gasteiger partial charge in [0, 0.05) is 13.1 Å². The molecule has 0 fully saturated rings. The van der Waals surface area contributed by atoms with Crippen LogP contribution in [-0.4, -0.2) is 84.5 Å². The van der Waals surface area contributed by atoms with Crippen LogP contribution >= 0.6 is 0 Å². The molecule has 0 spiro atoms. The molecule has 16 heteroatoms. The van der Waals surface area contributed by atoms with E-state index in [1.165, 1.54) is 0 Å². The van der Waals surface area contributed by atoms with Crippen LogP contribution in [0.3, 0.4) is 0 Å². The number of rotatable bonds is 20. The van der Waals surface area contributed by atoms with Gasteiger partial charge >= 0.3 is 5.97 Å². The minimum atomic E-state index is -1.21. The fraction of sp³-hybridized carbons (Fsp3) is 0.739. The Balaban J connectivity index is 5.73. The van der Waals surface area contributed by atoms with E-state index in [1.807, 2.05) is 0 Å². The molecule has 0 aliphatic carbocycles. The van der Waals surface area contributed by atoms with Crippen molar-refractivity contribution in [2.75, 3.05) is 19.6 Å². The molecular formula is C23H47N11O5. The Hall–Kier alpha value is -3.66. The highest BCUT2D eigenvalue weighted by Gasteiger charge is 2.30. The van der Waals surface area contributed by atoms with Crippen LogP contribution in [0.5, 0.6) is 0 Å². The maximum atomic E-state index is 13.3. The largest absolute Gasteiger partial charge is 0.480 e. The summed E-state index contributed by atoms with van der Waals surface area (Å²) in [5, 5.41) is 17.3. The molecule has 0 aromatic heterocycles. The molecule has 4 atom stereocenters. The zero-order valence-corrected chi connectivity index (χ0v) is 22.9. The van der Waals surface area contributed by atoms with Gasteiger partial charge in [-0.3, -0.25) is 24.4 Å².